The van der Waals surface area contributed by atoms with Gasteiger partial charge in [-0.3, -0.25) is 4.79 Å². The van der Waals surface area contributed by atoms with E-state index < -0.39 is 12.3 Å². The summed E-state index contributed by atoms with van der Waals surface area (Å²) in [4.78, 5) is 16.7. The molecule has 35 heavy (non-hydrogen) atoms. The van der Waals surface area contributed by atoms with Crippen molar-refractivity contribution in [1.29, 1.82) is 0 Å². The van der Waals surface area contributed by atoms with Gasteiger partial charge in [-0.1, -0.05) is 20.8 Å². The van der Waals surface area contributed by atoms with Gasteiger partial charge in [0.15, 0.2) is 0 Å². The zero-order chi connectivity index (χ0) is 25.5. The highest BCUT2D eigenvalue weighted by molar-refractivity contribution is 6.00. The molecule has 3 aromatic rings. The van der Waals surface area contributed by atoms with E-state index in [1.54, 1.807) is 12.1 Å². The number of alkyl halides is 3. The summed E-state index contributed by atoms with van der Waals surface area (Å²) in [5.74, 6) is 0.424. The fourth-order valence-electron chi connectivity index (χ4n) is 5.30. The van der Waals surface area contributed by atoms with Gasteiger partial charge in [-0.05, 0) is 60.9 Å². The van der Waals surface area contributed by atoms with E-state index in [1.807, 2.05) is 0 Å². The van der Waals surface area contributed by atoms with Gasteiger partial charge in [0.25, 0.3) is 5.91 Å². The molecule has 10 heteroatoms. The van der Waals surface area contributed by atoms with Crippen molar-refractivity contribution in [3.8, 4) is 11.5 Å². The Morgan fingerprint density at radius 2 is 1.89 bits per heavy atom. The second-order valence-corrected chi connectivity index (χ2v) is 9.98. The van der Waals surface area contributed by atoms with Crippen molar-refractivity contribution in [3.05, 3.63) is 42.0 Å². The molecule has 1 aliphatic rings. The fourth-order valence-corrected chi connectivity index (χ4v) is 5.30. The number of hydrogen-bond donors (Lipinski definition) is 2. The number of benzene rings is 2. The van der Waals surface area contributed by atoms with Crippen LogP contribution < -0.4 is 20.5 Å². The third kappa shape index (κ3) is 5.47. The van der Waals surface area contributed by atoms with Gasteiger partial charge in [-0.25, -0.2) is 4.98 Å². The number of nitrogens with zero attached hydrogens (tertiary/aromatic N) is 2. The number of rotatable bonds is 6. The standard InChI is InChI=1S/C25H29F3N4O3/c1-14-9-16(13-24(2,3)12-14)32-20-11-21(34-4)18(22(29)33)10-19(20)31-23(32)30-15-5-7-17(8-6-15)35-25(26,27)28/h5-8,10-11,14,16H,9,12-13H2,1-4H3,(H2,29,33)(H,30,31). The minimum Gasteiger partial charge on any atom is -0.496 e. The monoisotopic (exact) mass is 490 g/mol. The second-order valence-electron chi connectivity index (χ2n) is 9.98. The van der Waals surface area contributed by atoms with Crippen molar-refractivity contribution in [3.63, 3.8) is 0 Å². The van der Waals surface area contributed by atoms with E-state index in [-0.39, 0.29) is 22.8 Å². The lowest BCUT2D eigenvalue weighted by molar-refractivity contribution is -0.274. The van der Waals surface area contributed by atoms with E-state index in [0.29, 0.717) is 28.8 Å². The molecule has 2 aromatic carbocycles. The van der Waals surface area contributed by atoms with Crippen LogP contribution in [0, 0.1) is 11.3 Å². The number of imidazole rings is 1. The van der Waals surface area contributed by atoms with Crippen LogP contribution in [-0.2, 0) is 0 Å². The Balaban J connectivity index is 1.79. The number of amides is 1. The van der Waals surface area contributed by atoms with Gasteiger partial charge in [0.05, 0.1) is 23.7 Å². The van der Waals surface area contributed by atoms with Crippen molar-refractivity contribution in [1.82, 2.24) is 9.55 Å². The molecule has 2 unspecified atom stereocenters. The number of methoxy groups -OCH3 is 1. The first-order chi connectivity index (χ1) is 16.3. The summed E-state index contributed by atoms with van der Waals surface area (Å²) in [5.41, 5.74) is 7.77. The molecule has 1 saturated carbocycles. The molecule has 2 atom stereocenters. The molecule has 4 rings (SSSR count). The molecule has 1 heterocycles. The molecular formula is C25H29F3N4O3. The summed E-state index contributed by atoms with van der Waals surface area (Å²) in [6.45, 7) is 6.71. The summed E-state index contributed by atoms with van der Waals surface area (Å²) in [6.07, 6.45) is -1.81. The van der Waals surface area contributed by atoms with Crippen molar-refractivity contribution in [2.75, 3.05) is 12.4 Å². The van der Waals surface area contributed by atoms with Gasteiger partial charge in [0, 0.05) is 17.8 Å². The molecule has 0 radical (unpaired) electrons. The number of ether oxygens (including phenoxy) is 2. The average Bonchev–Trinajstić information content (AvgIpc) is 3.08. The van der Waals surface area contributed by atoms with Gasteiger partial charge < -0.3 is 25.1 Å². The number of carbonyl (C=O) groups is 1. The Bertz CT molecular complexity index is 1240. The number of halogens is 3. The summed E-state index contributed by atoms with van der Waals surface area (Å²) >= 11 is 0. The first kappa shape index (κ1) is 24.7. The van der Waals surface area contributed by atoms with Crippen LogP contribution in [0.3, 0.4) is 0 Å². The molecule has 0 spiro atoms. The second kappa shape index (κ2) is 8.98. The molecular weight excluding hydrogens is 461 g/mol. The van der Waals surface area contributed by atoms with Gasteiger partial charge in [0.1, 0.15) is 11.5 Å². The molecule has 1 aliphatic carbocycles. The van der Waals surface area contributed by atoms with Crippen LogP contribution in [0.2, 0.25) is 0 Å². The molecule has 1 fully saturated rings. The topological polar surface area (TPSA) is 91.4 Å². The fraction of sp³-hybridized carbons (Fsp3) is 0.440. The third-order valence-corrected chi connectivity index (χ3v) is 6.35. The summed E-state index contributed by atoms with van der Waals surface area (Å²) in [6, 6.07) is 8.95. The molecule has 0 saturated heterocycles. The SMILES string of the molecule is COc1cc2c(cc1C(N)=O)nc(Nc1ccc(OC(F)(F)F)cc1)n2C1CC(C)CC(C)(C)C1. The first-order valence-corrected chi connectivity index (χ1v) is 11.4. The van der Waals surface area contributed by atoms with Crippen molar-refractivity contribution in [2.24, 2.45) is 17.1 Å². The van der Waals surface area contributed by atoms with E-state index in [9.17, 15) is 18.0 Å². The Kier molecular flexibility index (Phi) is 6.33. The number of carbonyl (C=O) groups excluding carboxylic acids is 1. The molecule has 188 valence electrons. The van der Waals surface area contributed by atoms with Crippen LogP contribution in [-0.4, -0.2) is 28.9 Å². The van der Waals surface area contributed by atoms with Crippen LogP contribution in [0.4, 0.5) is 24.8 Å². The molecule has 7 nitrogen and oxygen atoms in total. The third-order valence-electron chi connectivity index (χ3n) is 6.35. The van der Waals surface area contributed by atoms with Crippen LogP contribution in [0.15, 0.2) is 36.4 Å². The van der Waals surface area contributed by atoms with Gasteiger partial charge >= 0.3 is 6.36 Å². The van der Waals surface area contributed by atoms with Gasteiger partial charge in [-0.2, -0.15) is 0 Å². The lowest BCUT2D eigenvalue weighted by Gasteiger charge is -2.40. The maximum atomic E-state index is 12.5. The van der Waals surface area contributed by atoms with Crippen LogP contribution in [0.25, 0.3) is 11.0 Å². The van der Waals surface area contributed by atoms with E-state index in [1.165, 1.54) is 31.4 Å². The number of anilines is 2. The zero-order valence-electron chi connectivity index (χ0n) is 20.1. The Hall–Kier alpha value is -3.43. The summed E-state index contributed by atoms with van der Waals surface area (Å²) < 4.78 is 49.0. The quantitative estimate of drug-likeness (QED) is 0.431. The van der Waals surface area contributed by atoms with Crippen LogP contribution in [0.1, 0.15) is 56.4 Å². The predicted octanol–water partition coefficient (Wildman–Crippen LogP) is 6.17. The predicted molar refractivity (Wildman–Crippen MR) is 127 cm³/mol. The van der Waals surface area contributed by atoms with Crippen molar-refractivity contribution in [2.45, 2.75) is 52.4 Å². The molecule has 0 aliphatic heterocycles. The Morgan fingerprint density at radius 1 is 1.20 bits per heavy atom. The summed E-state index contributed by atoms with van der Waals surface area (Å²) in [5, 5.41) is 3.24. The van der Waals surface area contributed by atoms with Crippen molar-refractivity contribution >= 4 is 28.6 Å². The van der Waals surface area contributed by atoms with E-state index in [4.69, 9.17) is 15.5 Å². The van der Waals surface area contributed by atoms with Crippen molar-refractivity contribution < 1.29 is 27.4 Å². The smallest absolute Gasteiger partial charge is 0.496 e. The minimum absolute atomic E-state index is 0.109. The van der Waals surface area contributed by atoms with Crippen LogP contribution in [0.5, 0.6) is 11.5 Å². The number of aromatic nitrogens is 2. The number of fused-ring (bicyclic) bond motifs is 1. The maximum absolute atomic E-state index is 12.5. The highest BCUT2D eigenvalue weighted by Gasteiger charge is 2.35. The maximum Gasteiger partial charge on any atom is 0.573 e. The lowest BCUT2D eigenvalue weighted by Crippen LogP contribution is -2.29. The highest BCUT2D eigenvalue weighted by atomic mass is 19.4. The number of nitrogens with two attached hydrogens (primary N) is 1. The molecule has 1 amide bonds. The number of primary amides is 1. The highest BCUT2D eigenvalue weighted by Crippen LogP contribution is 2.46. The molecule has 3 N–H and O–H groups in total. The Morgan fingerprint density at radius 3 is 2.46 bits per heavy atom. The summed E-state index contributed by atoms with van der Waals surface area (Å²) in [7, 11) is 1.48. The van der Waals surface area contributed by atoms with Crippen LogP contribution >= 0.6 is 0 Å². The average molecular weight is 491 g/mol. The van der Waals surface area contributed by atoms with E-state index in [0.717, 1.165) is 24.8 Å². The lowest BCUT2D eigenvalue weighted by atomic mass is 9.70. The number of hydrogen-bond acceptors (Lipinski definition) is 5. The minimum atomic E-state index is -4.76. The largest absolute Gasteiger partial charge is 0.573 e. The first-order valence-electron chi connectivity index (χ1n) is 11.4. The number of nitrogens with one attached hydrogen (secondary N) is 1. The van der Waals surface area contributed by atoms with Gasteiger partial charge in [0.2, 0.25) is 5.95 Å². The van der Waals surface area contributed by atoms with E-state index in [2.05, 4.69) is 35.4 Å². The van der Waals surface area contributed by atoms with Gasteiger partial charge in [-0.15, -0.1) is 13.2 Å². The normalized spacial score (nSPS) is 20.0. The molecule has 1 aromatic heterocycles. The van der Waals surface area contributed by atoms with E-state index >= 15 is 0 Å². The Labute approximate surface area is 201 Å². The molecule has 0 bridgehead atoms. The zero-order valence-corrected chi connectivity index (χ0v) is 20.1.